The highest BCUT2D eigenvalue weighted by atomic mass is 16.5. The van der Waals surface area contributed by atoms with Gasteiger partial charge in [0, 0.05) is 19.2 Å². The zero-order valence-electron chi connectivity index (χ0n) is 10.7. The first kappa shape index (κ1) is 14.1. The van der Waals surface area contributed by atoms with E-state index in [2.05, 4.69) is 0 Å². The molecule has 1 aliphatic rings. The monoisotopic (exact) mass is 281 g/mol. The molecule has 0 spiro atoms. The average molecular weight is 281 g/mol. The number of amides is 1. The summed E-state index contributed by atoms with van der Waals surface area (Å²) in [6.07, 6.45) is 0. The van der Waals surface area contributed by atoms with Crippen LogP contribution in [-0.4, -0.2) is 59.9 Å². The molecule has 1 amide bonds. The molecule has 0 bridgehead atoms. The number of phenolic OH excluding ortho intramolecular Hbond substituents is 2. The second-order valence-electron chi connectivity index (χ2n) is 4.27. The molecule has 0 unspecified atom stereocenters. The second-order valence-corrected chi connectivity index (χ2v) is 4.27. The summed E-state index contributed by atoms with van der Waals surface area (Å²) in [6.45, 7) is 1.50. The number of ether oxygens (including phenoxy) is 2. The number of hydrogen-bond acceptors (Lipinski definition) is 6. The van der Waals surface area contributed by atoms with Crippen molar-refractivity contribution in [3.05, 3.63) is 23.8 Å². The summed E-state index contributed by atoms with van der Waals surface area (Å²) in [5.41, 5.74) is -0.0995. The van der Waals surface area contributed by atoms with E-state index in [1.165, 1.54) is 12.1 Å². The molecule has 7 heteroatoms. The lowest BCUT2D eigenvalue weighted by molar-refractivity contribution is -0.138. The molecule has 1 aromatic carbocycles. The fourth-order valence-corrected chi connectivity index (χ4v) is 1.80. The fraction of sp³-hybridized carbons (Fsp3) is 0.385. The molecule has 2 N–H and O–H groups in total. The van der Waals surface area contributed by atoms with Crippen LogP contribution in [0.4, 0.5) is 0 Å². The first-order chi connectivity index (χ1) is 9.58. The Bertz CT molecular complexity index is 510. The molecule has 2 rings (SSSR count). The first-order valence-electron chi connectivity index (χ1n) is 6.12. The molecule has 7 nitrogen and oxygen atoms in total. The lowest BCUT2D eigenvalue weighted by Crippen LogP contribution is -2.42. The highest BCUT2D eigenvalue weighted by molar-refractivity contribution is 5.94. The normalized spacial score (nSPS) is 14.9. The summed E-state index contributed by atoms with van der Waals surface area (Å²) in [5.74, 6) is -1.68. The summed E-state index contributed by atoms with van der Waals surface area (Å²) in [6, 6.07) is 3.51. The molecular weight excluding hydrogens is 266 g/mol. The third kappa shape index (κ3) is 3.39. The van der Waals surface area contributed by atoms with Gasteiger partial charge in [0.2, 0.25) is 0 Å². The summed E-state index contributed by atoms with van der Waals surface area (Å²) in [4.78, 5) is 25.0. The Morgan fingerprint density at radius 2 is 1.95 bits per heavy atom. The number of rotatable bonds is 3. The van der Waals surface area contributed by atoms with E-state index in [1.54, 1.807) is 4.90 Å². The number of carbonyl (C=O) groups is 2. The van der Waals surface area contributed by atoms with E-state index in [9.17, 15) is 14.7 Å². The molecule has 1 saturated heterocycles. The zero-order valence-corrected chi connectivity index (χ0v) is 10.7. The van der Waals surface area contributed by atoms with E-state index >= 15 is 0 Å². The minimum Gasteiger partial charge on any atom is -0.508 e. The summed E-state index contributed by atoms with van der Waals surface area (Å²) >= 11 is 0. The van der Waals surface area contributed by atoms with Gasteiger partial charge in [0.15, 0.2) is 6.61 Å². The predicted molar refractivity (Wildman–Crippen MR) is 67.5 cm³/mol. The largest absolute Gasteiger partial charge is 0.508 e. The van der Waals surface area contributed by atoms with Crippen LogP contribution in [-0.2, 0) is 14.3 Å². The van der Waals surface area contributed by atoms with E-state index in [0.29, 0.717) is 26.3 Å². The van der Waals surface area contributed by atoms with Crippen molar-refractivity contribution in [3.63, 3.8) is 0 Å². The van der Waals surface area contributed by atoms with E-state index in [4.69, 9.17) is 14.6 Å². The van der Waals surface area contributed by atoms with Crippen LogP contribution in [0.3, 0.4) is 0 Å². The Hall–Kier alpha value is -2.28. The molecule has 1 heterocycles. The molecule has 108 valence electrons. The van der Waals surface area contributed by atoms with Crippen molar-refractivity contribution in [2.24, 2.45) is 0 Å². The number of carbonyl (C=O) groups excluding carboxylic acids is 2. The molecule has 1 fully saturated rings. The third-order valence-corrected chi connectivity index (χ3v) is 2.89. The second kappa shape index (κ2) is 6.25. The van der Waals surface area contributed by atoms with Crippen LogP contribution in [0.1, 0.15) is 10.4 Å². The number of aromatic hydroxyl groups is 2. The van der Waals surface area contributed by atoms with Gasteiger partial charge in [-0.2, -0.15) is 0 Å². The first-order valence-corrected chi connectivity index (χ1v) is 6.12. The van der Waals surface area contributed by atoms with Crippen molar-refractivity contribution in [2.45, 2.75) is 0 Å². The van der Waals surface area contributed by atoms with Gasteiger partial charge in [0.05, 0.1) is 13.2 Å². The minimum absolute atomic E-state index is 0.0995. The van der Waals surface area contributed by atoms with Gasteiger partial charge in [-0.1, -0.05) is 0 Å². The number of phenols is 2. The van der Waals surface area contributed by atoms with Gasteiger partial charge in [-0.15, -0.1) is 0 Å². The van der Waals surface area contributed by atoms with Crippen LogP contribution >= 0.6 is 0 Å². The van der Waals surface area contributed by atoms with Crippen LogP contribution in [0.2, 0.25) is 0 Å². The molecule has 0 aromatic heterocycles. The highest BCUT2D eigenvalue weighted by Crippen LogP contribution is 2.23. The van der Waals surface area contributed by atoms with Gasteiger partial charge in [-0.05, 0) is 12.1 Å². The van der Waals surface area contributed by atoms with E-state index < -0.39 is 11.7 Å². The molecule has 0 saturated carbocycles. The van der Waals surface area contributed by atoms with Crippen molar-refractivity contribution in [3.8, 4) is 11.5 Å². The lowest BCUT2D eigenvalue weighted by atomic mass is 10.2. The topological polar surface area (TPSA) is 96.3 Å². The maximum Gasteiger partial charge on any atom is 0.342 e. The van der Waals surface area contributed by atoms with Gasteiger partial charge in [0.25, 0.3) is 5.91 Å². The van der Waals surface area contributed by atoms with Crippen molar-refractivity contribution < 1.29 is 29.3 Å². The lowest BCUT2D eigenvalue weighted by Gasteiger charge is -2.26. The summed E-state index contributed by atoms with van der Waals surface area (Å²) < 4.78 is 9.96. The molecule has 0 radical (unpaired) electrons. The molecule has 1 aliphatic heterocycles. The van der Waals surface area contributed by atoms with E-state index in [1.807, 2.05) is 0 Å². The van der Waals surface area contributed by atoms with E-state index in [0.717, 1.165) is 6.07 Å². The quantitative estimate of drug-likeness (QED) is 0.764. The Kier molecular flexibility index (Phi) is 4.41. The summed E-state index contributed by atoms with van der Waals surface area (Å²) in [7, 11) is 0. The van der Waals surface area contributed by atoms with Crippen molar-refractivity contribution in [2.75, 3.05) is 32.9 Å². The van der Waals surface area contributed by atoms with Crippen LogP contribution < -0.4 is 0 Å². The standard InChI is InChI=1S/C13H15NO6/c15-9-1-2-10(11(16)7-9)13(18)20-8-12(17)14-3-5-19-6-4-14/h1-2,7,15-16H,3-6,8H2. The van der Waals surface area contributed by atoms with Gasteiger partial charge in [-0.25, -0.2) is 4.79 Å². The number of benzene rings is 1. The van der Waals surface area contributed by atoms with Crippen molar-refractivity contribution in [1.82, 2.24) is 4.90 Å². The van der Waals surface area contributed by atoms with Crippen LogP contribution in [0, 0.1) is 0 Å². The average Bonchev–Trinajstić information content (AvgIpc) is 2.45. The summed E-state index contributed by atoms with van der Waals surface area (Å²) in [5, 5.41) is 18.6. The minimum atomic E-state index is -0.816. The van der Waals surface area contributed by atoms with E-state index in [-0.39, 0.29) is 23.8 Å². The van der Waals surface area contributed by atoms with Gasteiger partial charge in [-0.3, -0.25) is 4.79 Å². The number of esters is 1. The zero-order chi connectivity index (χ0) is 14.5. The maximum atomic E-state index is 11.8. The van der Waals surface area contributed by atoms with Crippen molar-refractivity contribution in [1.29, 1.82) is 0 Å². The van der Waals surface area contributed by atoms with Crippen LogP contribution in [0.15, 0.2) is 18.2 Å². The Labute approximate surface area is 115 Å². The highest BCUT2D eigenvalue weighted by Gasteiger charge is 2.20. The van der Waals surface area contributed by atoms with Gasteiger partial charge < -0.3 is 24.6 Å². The number of hydrogen-bond donors (Lipinski definition) is 2. The van der Waals surface area contributed by atoms with Crippen LogP contribution in [0.5, 0.6) is 11.5 Å². The molecular formula is C13H15NO6. The molecule has 0 aliphatic carbocycles. The number of morpholine rings is 1. The predicted octanol–water partition coefficient (Wildman–Crippen LogP) is 0.113. The van der Waals surface area contributed by atoms with Gasteiger partial charge >= 0.3 is 5.97 Å². The Morgan fingerprint density at radius 3 is 2.60 bits per heavy atom. The number of nitrogens with zero attached hydrogens (tertiary/aromatic N) is 1. The SMILES string of the molecule is O=C(OCC(=O)N1CCOCC1)c1ccc(O)cc1O. The Morgan fingerprint density at radius 1 is 1.25 bits per heavy atom. The molecule has 1 aromatic rings. The Balaban J connectivity index is 1.89. The van der Waals surface area contributed by atoms with Crippen LogP contribution in [0.25, 0.3) is 0 Å². The third-order valence-electron chi connectivity index (χ3n) is 2.89. The van der Waals surface area contributed by atoms with Gasteiger partial charge in [0.1, 0.15) is 17.1 Å². The fourth-order valence-electron chi connectivity index (χ4n) is 1.80. The molecule has 20 heavy (non-hydrogen) atoms. The maximum absolute atomic E-state index is 11.8. The molecule has 0 atom stereocenters. The smallest absolute Gasteiger partial charge is 0.342 e. The van der Waals surface area contributed by atoms with Crippen molar-refractivity contribution >= 4 is 11.9 Å².